The first-order valence-corrected chi connectivity index (χ1v) is 10.1. The molecule has 0 aromatic heterocycles. The molecule has 0 spiro atoms. The Balaban J connectivity index is 4.74. The SMILES string of the molecule is CC(NC(=O)C(CS)NC(=O)C(N)CCCCN)C(=O)NC(CCC(N)=O)C(=O)O. The number of hydrogen-bond donors (Lipinski definition) is 8. The summed E-state index contributed by atoms with van der Waals surface area (Å²) in [6.07, 6.45) is 1.39. The molecule has 0 rings (SSSR count). The highest BCUT2D eigenvalue weighted by Gasteiger charge is 2.27. The van der Waals surface area contributed by atoms with Crippen molar-refractivity contribution in [2.24, 2.45) is 17.2 Å². The topological polar surface area (TPSA) is 220 Å². The van der Waals surface area contributed by atoms with E-state index in [0.29, 0.717) is 19.4 Å². The molecule has 0 aromatic rings. The van der Waals surface area contributed by atoms with Gasteiger partial charge >= 0.3 is 5.97 Å². The third kappa shape index (κ3) is 11.0. The van der Waals surface area contributed by atoms with Gasteiger partial charge in [0.25, 0.3) is 0 Å². The van der Waals surface area contributed by atoms with Crippen LogP contribution < -0.4 is 33.2 Å². The highest BCUT2D eigenvalue weighted by molar-refractivity contribution is 7.80. The van der Waals surface area contributed by atoms with Crippen LogP contribution in [0.5, 0.6) is 0 Å². The van der Waals surface area contributed by atoms with Crippen molar-refractivity contribution in [2.75, 3.05) is 12.3 Å². The zero-order valence-corrected chi connectivity index (χ0v) is 17.8. The lowest BCUT2D eigenvalue weighted by molar-refractivity contribution is -0.142. The van der Waals surface area contributed by atoms with Gasteiger partial charge in [-0.1, -0.05) is 6.42 Å². The van der Waals surface area contributed by atoms with Crippen LogP contribution in [0.25, 0.3) is 0 Å². The second-order valence-electron chi connectivity index (χ2n) is 6.77. The molecule has 0 fully saturated rings. The molecule has 0 aliphatic heterocycles. The molecule has 0 aliphatic carbocycles. The van der Waals surface area contributed by atoms with Crippen LogP contribution in [0.15, 0.2) is 0 Å². The summed E-state index contributed by atoms with van der Waals surface area (Å²) in [6.45, 7) is 1.83. The quantitative estimate of drug-likeness (QED) is 0.0963. The average molecular weight is 449 g/mol. The molecular formula is C17H32N6O6S. The fraction of sp³-hybridized carbons (Fsp3) is 0.706. The van der Waals surface area contributed by atoms with Crippen LogP contribution in [0.2, 0.25) is 0 Å². The summed E-state index contributed by atoms with van der Waals surface area (Å²) in [5, 5.41) is 16.2. The number of unbranched alkanes of at least 4 members (excludes halogenated alkanes) is 1. The van der Waals surface area contributed by atoms with E-state index in [0.717, 1.165) is 6.42 Å². The molecule has 0 saturated carbocycles. The molecule has 4 unspecified atom stereocenters. The Morgan fingerprint density at radius 2 is 1.53 bits per heavy atom. The number of primary amides is 1. The Morgan fingerprint density at radius 1 is 0.933 bits per heavy atom. The van der Waals surface area contributed by atoms with Gasteiger partial charge in [-0.05, 0) is 32.7 Å². The van der Waals surface area contributed by atoms with Crippen molar-refractivity contribution in [1.29, 1.82) is 0 Å². The average Bonchev–Trinajstić information content (AvgIpc) is 2.68. The van der Waals surface area contributed by atoms with Gasteiger partial charge in [-0.25, -0.2) is 4.79 Å². The number of carboxylic acid groups (broad SMARTS) is 1. The maximum Gasteiger partial charge on any atom is 0.326 e. The van der Waals surface area contributed by atoms with E-state index in [9.17, 15) is 24.0 Å². The van der Waals surface area contributed by atoms with Gasteiger partial charge < -0.3 is 38.3 Å². The summed E-state index contributed by atoms with van der Waals surface area (Å²) >= 11 is 4.03. The standard InChI is InChI=1S/C17H32N6O6S/c1-9(14(25)22-11(17(28)29)5-6-13(20)24)21-16(27)12(8-30)23-15(26)10(19)4-2-3-7-18/h9-12,30H,2-8,18-19H2,1H3,(H2,20,24)(H,21,27)(H,22,25)(H,23,26)(H,28,29). The van der Waals surface area contributed by atoms with Crippen LogP contribution in [0.3, 0.4) is 0 Å². The van der Waals surface area contributed by atoms with Gasteiger partial charge in [-0.2, -0.15) is 12.6 Å². The largest absolute Gasteiger partial charge is 0.480 e. The first-order valence-electron chi connectivity index (χ1n) is 9.52. The fourth-order valence-corrected chi connectivity index (χ4v) is 2.59. The number of nitrogens with two attached hydrogens (primary N) is 3. The number of carbonyl (C=O) groups excluding carboxylic acids is 4. The summed E-state index contributed by atoms with van der Waals surface area (Å²) in [5.74, 6) is -4.08. The molecule has 0 saturated heterocycles. The lowest BCUT2D eigenvalue weighted by Crippen LogP contribution is -2.56. The molecule has 10 N–H and O–H groups in total. The van der Waals surface area contributed by atoms with E-state index in [4.69, 9.17) is 22.3 Å². The van der Waals surface area contributed by atoms with Gasteiger partial charge in [0.15, 0.2) is 0 Å². The Morgan fingerprint density at radius 3 is 2.03 bits per heavy atom. The smallest absolute Gasteiger partial charge is 0.326 e. The van der Waals surface area contributed by atoms with E-state index >= 15 is 0 Å². The maximum absolute atomic E-state index is 12.4. The molecule has 172 valence electrons. The predicted octanol–water partition coefficient (Wildman–Crippen LogP) is -2.80. The van der Waals surface area contributed by atoms with Crippen molar-refractivity contribution < 1.29 is 29.1 Å². The minimum Gasteiger partial charge on any atom is -0.480 e. The van der Waals surface area contributed by atoms with Gasteiger partial charge in [-0.15, -0.1) is 0 Å². The van der Waals surface area contributed by atoms with E-state index in [1.165, 1.54) is 6.92 Å². The van der Waals surface area contributed by atoms with E-state index in [1.54, 1.807) is 0 Å². The second kappa shape index (κ2) is 14.6. The van der Waals surface area contributed by atoms with Crippen molar-refractivity contribution in [3.8, 4) is 0 Å². The van der Waals surface area contributed by atoms with Gasteiger partial charge in [0.1, 0.15) is 18.1 Å². The van der Waals surface area contributed by atoms with Crippen LogP contribution in [-0.2, 0) is 24.0 Å². The van der Waals surface area contributed by atoms with Gasteiger partial charge in [-0.3, -0.25) is 19.2 Å². The Bertz CT molecular complexity index is 620. The van der Waals surface area contributed by atoms with Gasteiger partial charge in [0.2, 0.25) is 23.6 Å². The molecule has 0 aromatic carbocycles. The second-order valence-corrected chi connectivity index (χ2v) is 7.13. The Hall–Kier alpha value is -2.38. The maximum atomic E-state index is 12.4. The number of nitrogens with one attached hydrogen (secondary N) is 3. The molecule has 0 radical (unpaired) electrons. The van der Waals surface area contributed by atoms with Crippen molar-refractivity contribution in [3.63, 3.8) is 0 Å². The molecular weight excluding hydrogens is 416 g/mol. The van der Waals surface area contributed by atoms with Crippen LogP contribution in [-0.4, -0.2) is 71.2 Å². The van der Waals surface area contributed by atoms with Crippen molar-refractivity contribution in [1.82, 2.24) is 16.0 Å². The molecule has 12 nitrogen and oxygen atoms in total. The lowest BCUT2D eigenvalue weighted by atomic mass is 10.1. The first-order chi connectivity index (χ1) is 14.0. The normalized spacial score (nSPS) is 14.7. The van der Waals surface area contributed by atoms with E-state index in [-0.39, 0.29) is 18.6 Å². The zero-order valence-electron chi connectivity index (χ0n) is 16.9. The monoisotopic (exact) mass is 448 g/mol. The third-order valence-electron chi connectivity index (χ3n) is 4.17. The summed E-state index contributed by atoms with van der Waals surface area (Å²) < 4.78 is 0. The number of rotatable bonds is 15. The van der Waals surface area contributed by atoms with Crippen molar-refractivity contribution in [3.05, 3.63) is 0 Å². The number of hydrogen-bond acceptors (Lipinski definition) is 8. The Labute approximate surface area is 180 Å². The highest BCUT2D eigenvalue weighted by atomic mass is 32.1. The van der Waals surface area contributed by atoms with Crippen LogP contribution in [0, 0.1) is 0 Å². The predicted molar refractivity (Wildman–Crippen MR) is 112 cm³/mol. The van der Waals surface area contributed by atoms with Gasteiger partial charge in [0, 0.05) is 12.2 Å². The molecule has 30 heavy (non-hydrogen) atoms. The molecule has 0 heterocycles. The lowest BCUT2D eigenvalue weighted by Gasteiger charge is -2.22. The van der Waals surface area contributed by atoms with Crippen molar-refractivity contribution in [2.45, 2.75) is 63.2 Å². The minimum atomic E-state index is -1.34. The summed E-state index contributed by atoms with van der Waals surface area (Å²) in [4.78, 5) is 58.7. The molecule has 0 aliphatic rings. The number of carboxylic acids is 1. The minimum absolute atomic E-state index is 0.0439. The van der Waals surface area contributed by atoms with Crippen LogP contribution in [0.4, 0.5) is 0 Å². The number of thiol groups is 1. The van der Waals surface area contributed by atoms with Crippen LogP contribution in [0.1, 0.15) is 39.0 Å². The number of amides is 4. The molecule has 4 amide bonds. The van der Waals surface area contributed by atoms with E-state index in [1.807, 2.05) is 0 Å². The first kappa shape index (κ1) is 27.6. The Kier molecular flexibility index (Phi) is 13.4. The van der Waals surface area contributed by atoms with Gasteiger partial charge in [0.05, 0.1) is 6.04 Å². The zero-order chi connectivity index (χ0) is 23.3. The summed E-state index contributed by atoms with van der Waals surface area (Å²) in [6, 6.07) is -4.29. The summed E-state index contributed by atoms with van der Waals surface area (Å²) in [5.41, 5.74) is 16.2. The van der Waals surface area contributed by atoms with E-state index < -0.39 is 53.8 Å². The number of carbonyl (C=O) groups is 5. The highest BCUT2D eigenvalue weighted by Crippen LogP contribution is 2.01. The molecule has 13 heteroatoms. The molecule has 0 bridgehead atoms. The summed E-state index contributed by atoms with van der Waals surface area (Å²) in [7, 11) is 0. The van der Waals surface area contributed by atoms with E-state index in [2.05, 4.69) is 28.6 Å². The molecule has 4 atom stereocenters. The van der Waals surface area contributed by atoms with Crippen LogP contribution >= 0.6 is 12.6 Å². The number of aliphatic carboxylic acids is 1. The fourth-order valence-electron chi connectivity index (χ4n) is 2.33. The van der Waals surface area contributed by atoms with Crippen molar-refractivity contribution >= 4 is 42.2 Å². The third-order valence-corrected chi connectivity index (χ3v) is 4.53.